The van der Waals surface area contributed by atoms with Crippen LogP contribution in [0, 0.1) is 0 Å². The Morgan fingerprint density at radius 2 is 1.74 bits per heavy atom. The first kappa shape index (κ1) is 24.0. The summed E-state index contributed by atoms with van der Waals surface area (Å²) >= 11 is 0. The molecule has 2 aliphatic rings. The first-order valence-electron chi connectivity index (χ1n) is 11.7. The van der Waals surface area contributed by atoms with Crippen LogP contribution in [0.3, 0.4) is 0 Å². The standard InChI is InChI=1S/C23H37N3O4S/c1-3-30-22-14-13-20(31(28,29)26-15-9-6-10-16-26)17-21(22)24-23(27)18-25(2)19-11-7-4-5-8-12-19/h13-14,17,19H,3-12,15-16,18H2,1-2H3,(H,24,27). The lowest BCUT2D eigenvalue weighted by atomic mass is 10.1. The predicted molar refractivity (Wildman–Crippen MR) is 123 cm³/mol. The fourth-order valence-corrected chi connectivity index (χ4v) is 6.09. The number of amides is 1. The molecule has 174 valence electrons. The molecule has 0 bridgehead atoms. The van der Waals surface area contributed by atoms with Crippen molar-refractivity contribution in [2.75, 3.05) is 38.6 Å². The second-order valence-electron chi connectivity index (χ2n) is 8.66. The third kappa shape index (κ3) is 6.43. The number of ether oxygens (including phenoxy) is 1. The van der Waals surface area contributed by atoms with Gasteiger partial charge in [0.1, 0.15) is 5.75 Å². The first-order valence-corrected chi connectivity index (χ1v) is 13.1. The fourth-order valence-electron chi connectivity index (χ4n) is 4.55. The summed E-state index contributed by atoms with van der Waals surface area (Å²) in [6.45, 7) is 3.67. The number of hydrogen-bond donors (Lipinski definition) is 1. The molecule has 1 N–H and O–H groups in total. The van der Waals surface area contributed by atoms with Crippen LogP contribution < -0.4 is 10.1 Å². The lowest BCUT2D eigenvalue weighted by Crippen LogP contribution is -2.38. The minimum Gasteiger partial charge on any atom is -0.492 e. The number of benzene rings is 1. The summed E-state index contributed by atoms with van der Waals surface area (Å²) in [6, 6.07) is 5.18. The molecule has 1 amide bonds. The number of likely N-dealkylation sites (N-methyl/N-ethyl adjacent to an activating group) is 1. The SMILES string of the molecule is CCOc1ccc(S(=O)(=O)N2CCCCC2)cc1NC(=O)CN(C)C1CCCCCC1. The van der Waals surface area contributed by atoms with Gasteiger partial charge in [-0.25, -0.2) is 8.42 Å². The summed E-state index contributed by atoms with van der Waals surface area (Å²) < 4.78 is 33.3. The van der Waals surface area contributed by atoms with E-state index in [1.165, 1.54) is 30.0 Å². The topological polar surface area (TPSA) is 79.0 Å². The summed E-state index contributed by atoms with van der Waals surface area (Å²) in [5, 5.41) is 2.91. The summed E-state index contributed by atoms with van der Waals surface area (Å²) in [6.07, 6.45) is 10.0. The average Bonchev–Trinajstić information content (AvgIpc) is 3.05. The van der Waals surface area contributed by atoms with Crippen LogP contribution in [0.1, 0.15) is 64.7 Å². The van der Waals surface area contributed by atoms with Crippen LogP contribution in [-0.4, -0.2) is 62.9 Å². The molecule has 0 aromatic heterocycles. The van der Waals surface area contributed by atoms with Gasteiger partial charge in [-0.1, -0.05) is 32.1 Å². The maximum atomic E-state index is 13.1. The van der Waals surface area contributed by atoms with Crippen molar-refractivity contribution in [2.45, 2.75) is 75.6 Å². The van der Waals surface area contributed by atoms with Crippen LogP contribution in [0.15, 0.2) is 23.1 Å². The van der Waals surface area contributed by atoms with Crippen molar-refractivity contribution in [2.24, 2.45) is 0 Å². The van der Waals surface area contributed by atoms with Gasteiger partial charge in [0.05, 0.1) is 23.7 Å². The van der Waals surface area contributed by atoms with Gasteiger partial charge in [0.15, 0.2) is 0 Å². The summed E-state index contributed by atoms with van der Waals surface area (Å²) in [4.78, 5) is 15.1. The molecule has 3 rings (SSSR count). The smallest absolute Gasteiger partial charge is 0.243 e. The van der Waals surface area contributed by atoms with Crippen LogP contribution >= 0.6 is 0 Å². The molecular formula is C23H37N3O4S. The molecular weight excluding hydrogens is 414 g/mol. The van der Waals surface area contributed by atoms with Gasteiger partial charge >= 0.3 is 0 Å². The quantitative estimate of drug-likeness (QED) is 0.607. The van der Waals surface area contributed by atoms with E-state index in [2.05, 4.69) is 10.2 Å². The van der Waals surface area contributed by atoms with Gasteiger partial charge < -0.3 is 10.1 Å². The Hall–Kier alpha value is -1.64. The van der Waals surface area contributed by atoms with Crippen LogP contribution in [0.4, 0.5) is 5.69 Å². The molecule has 31 heavy (non-hydrogen) atoms. The van der Waals surface area contributed by atoms with Crippen molar-refractivity contribution < 1.29 is 17.9 Å². The molecule has 0 atom stereocenters. The number of sulfonamides is 1. The number of anilines is 1. The van der Waals surface area contributed by atoms with E-state index in [-0.39, 0.29) is 17.3 Å². The molecule has 0 spiro atoms. The lowest BCUT2D eigenvalue weighted by molar-refractivity contribution is -0.117. The Kier molecular flexibility index (Phi) is 8.75. The number of hydrogen-bond acceptors (Lipinski definition) is 5. The summed E-state index contributed by atoms with van der Waals surface area (Å²) in [5.74, 6) is 0.339. The van der Waals surface area contributed by atoms with E-state index >= 15 is 0 Å². The van der Waals surface area contributed by atoms with E-state index in [1.54, 1.807) is 18.2 Å². The highest BCUT2D eigenvalue weighted by Gasteiger charge is 2.27. The number of piperidine rings is 1. The van der Waals surface area contributed by atoms with Gasteiger partial charge in [0.2, 0.25) is 15.9 Å². The van der Waals surface area contributed by atoms with Crippen molar-refractivity contribution in [1.82, 2.24) is 9.21 Å². The highest BCUT2D eigenvalue weighted by molar-refractivity contribution is 7.89. The Morgan fingerprint density at radius 3 is 2.39 bits per heavy atom. The third-order valence-corrected chi connectivity index (χ3v) is 8.21. The van der Waals surface area contributed by atoms with Crippen LogP contribution in [0.5, 0.6) is 5.75 Å². The Labute approximate surface area is 187 Å². The maximum Gasteiger partial charge on any atom is 0.243 e. The monoisotopic (exact) mass is 451 g/mol. The zero-order valence-electron chi connectivity index (χ0n) is 18.9. The second-order valence-corrected chi connectivity index (χ2v) is 10.6. The summed E-state index contributed by atoms with van der Waals surface area (Å²) in [5.41, 5.74) is 0.416. The number of nitrogens with zero attached hydrogens (tertiary/aromatic N) is 2. The number of carbonyl (C=O) groups is 1. The van der Waals surface area contributed by atoms with Gasteiger partial charge in [-0.3, -0.25) is 9.69 Å². The lowest BCUT2D eigenvalue weighted by Gasteiger charge is -2.27. The zero-order chi connectivity index (χ0) is 22.3. The van der Waals surface area contributed by atoms with Crippen molar-refractivity contribution in [1.29, 1.82) is 0 Å². The van der Waals surface area contributed by atoms with Crippen molar-refractivity contribution in [3.63, 3.8) is 0 Å². The molecule has 1 aliphatic carbocycles. The number of nitrogens with one attached hydrogen (secondary N) is 1. The fraction of sp³-hybridized carbons (Fsp3) is 0.696. The molecule has 1 aliphatic heterocycles. The molecule has 1 aromatic rings. The third-order valence-electron chi connectivity index (χ3n) is 6.32. The van der Waals surface area contributed by atoms with Gasteiger partial charge in [-0.2, -0.15) is 4.31 Å². The number of carbonyl (C=O) groups excluding carboxylic acids is 1. The van der Waals surface area contributed by atoms with E-state index in [1.807, 2.05) is 14.0 Å². The average molecular weight is 452 g/mol. The van der Waals surface area contributed by atoms with Crippen LogP contribution in [-0.2, 0) is 14.8 Å². The van der Waals surface area contributed by atoms with Crippen LogP contribution in [0.2, 0.25) is 0 Å². The van der Waals surface area contributed by atoms with E-state index in [0.29, 0.717) is 37.2 Å². The second kappa shape index (κ2) is 11.3. The van der Waals surface area contributed by atoms with Gasteiger partial charge in [0, 0.05) is 19.1 Å². The molecule has 8 heteroatoms. The molecule has 1 saturated carbocycles. The molecule has 1 aromatic carbocycles. The highest BCUT2D eigenvalue weighted by Crippen LogP contribution is 2.30. The van der Waals surface area contributed by atoms with Crippen molar-refractivity contribution in [3.05, 3.63) is 18.2 Å². The first-order chi connectivity index (χ1) is 14.9. The van der Waals surface area contributed by atoms with E-state index in [4.69, 9.17) is 4.74 Å². The van der Waals surface area contributed by atoms with Crippen LogP contribution in [0.25, 0.3) is 0 Å². The molecule has 1 saturated heterocycles. The normalized spacial score (nSPS) is 19.2. The number of rotatable bonds is 8. The van der Waals surface area contributed by atoms with Gasteiger partial charge in [-0.15, -0.1) is 0 Å². The van der Waals surface area contributed by atoms with Crippen molar-refractivity contribution in [3.8, 4) is 5.75 Å². The molecule has 0 radical (unpaired) electrons. The Balaban J connectivity index is 1.73. The van der Waals surface area contributed by atoms with E-state index < -0.39 is 10.0 Å². The van der Waals surface area contributed by atoms with Crippen molar-refractivity contribution >= 4 is 21.6 Å². The van der Waals surface area contributed by atoms with Gasteiger partial charge in [0.25, 0.3) is 0 Å². The maximum absolute atomic E-state index is 13.1. The summed E-state index contributed by atoms with van der Waals surface area (Å²) in [7, 11) is -1.58. The zero-order valence-corrected chi connectivity index (χ0v) is 19.8. The molecule has 1 heterocycles. The minimum absolute atomic E-state index is 0.153. The largest absolute Gasteiger partial charge is 0.492 e. The Bertz CT molecular complexity index is 829. The minimum atomic E-state index is -3.58. The molecule has 0 unspecified atom stereocenters. The van der Waals surface area contributed by atoms with E-state index in [9.17, 15) is 13.2 Å². The van der Waals surface area contributed by atoms with Gasteiger partial charge in [-0.05, 0) is 57.9 Å². The predicted octanol–water partition coefficient (Wildman–Crippen LogP) is 3.85. The van der Waals surface area contributed by atoms with E-state index in [0.717, 1.165) is 32.1 Å². The molecule has 2 fully saturated rings. The molecule has 7 nitrogen and oxygen atoms in total. The Morgan fingerprint density at radius 1 is 1.10 bits per heavy atom. The highest BCUT2D eigenvalue weighted by atomic mass is 32.2.